The summed E-state index contributed by atoms with van der Waals surface area (Å²) in [5.74, 6) is -0.0541. The molecule has 0 aliphatic carbocycles. The van der Waals surface area contributed by atoms with Gasteiger partial charge in [-0.1, -0.05) is 6.92 Å². The Labute approximate surface area is 124 Å². The molecule has 6 heteroatoms. The van der Waals surface area contributed by atoms with Crippen LogP contribution in [0.15, 0.2) is 0 Å². The van der Waals surface area contributed by atoms with E-state index in [1.165, 1.54) is 11.3 Å². The van der Waals surface area contributed by atoms with E-state index in [0.29, 0.717) is 10.8 Å². The molecular formula is C14H23N3O2S. The van der Waals surface area contributed by atoms with Crippen LogP contribution in [-0.2, 0) is 0 Å². The summed E-state index contributed by atoms with van der Waals surface area (Å²) in [6, 6.07) is 0. The quantitative estimate of drug-likeness (QED) is 0.925. The van der Waals surface area contributed by atoms with Crippen molar-refractivity contribution in [3.8, 4) is 5.88 Å². The van der Waals surface area contributed by atoms with Gasteiger partial charge in [0, 0.05) is 18.5 Å². The highest BCUT2D eigenvalue weighted by Gasteiger charge is 2.35. The number of rotatable bonds is 4. The Morgan fingerprint density at radius 2 is 2.30 bits per heavy atom. The lowest BCUT2D eigenvalue weighted by Crippen LogP contribution is -2.52. The summed E-state index contributed by atoms with van der Waals surface area (Å²) >= 11 is 1.29. The number of aromatic nitrogens is 1. The predicted molar refractivity (Wildman–Crippen MR) is 80.3 cm³/mol. The second kappa shape index (κ2) is 5.69. The van der Waals surface area contributed by atoms with Crippen LogP contribution >= 0.6 is 11.3 Å². The highest BCUT2D eigenvalue weighted by molar-refractivity contribution is 7.13. The zero-order chi connectivity index (χ0) is 14.9. The summed E-state index contributed by atoms with van der Waals surface area (Å²) in [5.41, 5.74) is 5.48. The molecule has 1 amide bonds. The molecule has 1 aliphatic rings. The van der Waals surface area contributed by atoms with Crippen molar-refractivity contribution in [1.82, 2.24) is 9.88 Å². The Kier molecular flexibility index (Phi) is 4.34. The molecule has 2 heterocycles. The van der Waals surface area contributed by atoms with E-state index < -0.39 is 5.91 Å². The number of carbonyl (C=O) groups is 1. The minimum Gasteiger partial charge on any atom is -0.473 e. The fourth-order valence-electron chi connectivity index (χ4n) is 2.88. The standard InChI is InChI=1S/C14H23N3O2S/c1-5-17-7-6-10(8-14(17,3)4)19-13-11(12(15)18)20-9(2)16-13/h10H,5-8H2,1-4H3,(H2,15,18). The first kappa shape index (κ1) is 15.3. The first-order valence-corrected chi connectivity index (χ1v) is 7.84. The van der Waals surface area contributed by atoms with Gasteiger partial charge in [0.15, 0.2) is 4.88 Å². The minimum atomic E-state index is -0.462. The number of amides is 1. The number of carbonyl (C=O) groups excluding carboxylic acids is 1. The van der Waals surface area contributed by atoms with Gasteiger partial charge in [0.2, 0.25) is 5.88 Å². The summed E-state index contributed by atoms with van der Waals surface area (Å²) < 4.78 is 5.97. The fraction of sp³-hybridized carbons (Fsp3) is 0.714. The molecule has 1 aromatic rings. The Bertz CT molecular complexity index is 499. The Balaban J connectivity index is 2.10. The van der Waals surface area contributed by atoms with Crippen LogP contribution in [0.2, 0.25) is 0 Å². The molecule has 1 atom stereocenters. The molecule has 1 unspecified atom stereocenters. The molecular weight excluding hydrogens is 274 g/mol. The van der Waals surface area contributed by atoms with Crippen molar-refractivity contribution in [2.24, 2.45) is 5.73 Å². The number of aryl methyl sites for hydroxylation is 1. The summed E-state index contributed by atoms with van der Waals surface area (Å²) in [5, 5.41) is 0.805. The monoisotopic (exact) mass is 297 g/mol. The molecule has 112 valence electrons. The van der Waals surface area contributed by atoms with E-state index in [4.69, 9.17) is 10.5 Å². The lowest BCUT2D eigenvalue weighted by Gasteiger charge is -2.44. The minimum absolute atomic E-state index is 0.0902. The van der Waals surface area contributed by atoms with E-state index in [0.717, 1.165) is 30.9 Å². The number of hydrogen-bond donors (Lipinski definition) is 1. The van der Waals surface area contributed by atoms with Crippen LogP contribution in [0.5, 0.6) is 5.88 Å². The zero-order valence-corrected chi connectivity index (χ0v) is 13.4. The van der Waals surface area contributed by atoms with E-state index >= 15 is 0 Å². The lowest BCUT2D eigenvalue weighted by atomic mass is 9.88. The number of nitrogens with zero attached hydrogens (tertiary/aromatic N) is 2. The van der Waals surface area contributed by atoms with Crippen LogP contribution in [0.3, 0.4) is 0 Å². The van der Waals surface area contributed by atoms with Crippen molar-refractivity contribution in [2.45, 2.75) is 52.2 Å². The van der Waals surface area contributed by atoms with Gasteiger partial charge < -0.3 is 10.5 Å². The highest BCUT2D eigenvalue weighted by atomic mass is 32.1. The molecule has 0 saturated carbocycles. The third kappa shape index (κ3) is 3.12. The smallest absolute Gasteiger partial charge is 0.264 e. The largest absolute Gasteiger partial charge is 0.473 e. The number of nitrogens with two attached hydrogens (primary N) is 1. The van der Waals surface area contributed by atoms with Crippen LogP contribution in [0.25, 0.3) is 0 Å². The molecule has 0 bridgehead atoms. The number of primary amides is 1. The Hall–Kier alpha value is -1.14. The molecule has 0 spiro atoms. The Morgan fingerprint density at radius 3 is 2.85 bits per heavy atom. The van der Waals surface area contributed by atoms with Crippen molar-refractivity contribution >= 4 is 17.2 Å². The average molecular weight is 297 g/mol. The summed E-state index contributed by atoms with van der Waals surface area (Å²) in [7, 11) is 0. The highest BCUT2D eigenvalue weighted by Crippen LogP contribution is 2.32. The zero-order valence-electron chi connectivity index (χ0n) is 12.6. The molecule has 2 N–H and O–H groups in total. The molecule has 5 nitrogen and oxygen atoms in total. The molecule has 2 rings (SSSR count). The number of piperidine rings is 1. The van der Waals surface area contributed by atoms with Gasteiger partial charge in [-0.25, -0.2) is 4.98 Å². The van der Waals surface area contributed by atoms with Crippen molar-refractivity contribution in [3.05, 3.63) is 9.88 Å². The number of ether oxygens (including phenoxy) is 1. The van der Waals surface area contributed by atoms with E-state index in [9.17, 15) is 4.79 Å². The van der Waals surface area contributed by atoms with Gasteiger partial charge in [-0.15, -0.1) is 11.3 Å². The maximum atomic E-state index is 11.4. The fourth-order valence-corrected chi connectivity index (χ4v) is 3.58. The van der Waals surface area contributed by atoms with Gasteiger partial charge in [-0.2, -0.15) is 0 Å². The van der Waals surface area contributed by atoms with Crippen LogP contribution < -0.4 is 10.5 Å². The molecule has 1 aromatic heterocycles. The number of hydrogen-bond acceptors (Lipinski definition) is 5. The maximum Gasteiger partial charge on any atom is 0.264 e. The first-order valence-electron chi connectivity index (χ1n) is 7.02. The van der Waals surface area contributed by atoms with Crippen LogP contribution in [0.4, 0.5) is 0 Å². The summed E-state index contributed by atoms with van der Waals surface area (Å²) in [6.45, 7) is 10.5. The summed E-state index contributed by atoms with van der Waals surface area (Å²) in [6.07, 6.45) is 1.97. The topological polar surface area (TPSA) is 68.4 Å². The van der Waals surface area contributed by atoms with Crippen LogP contribution in [0.1, 0.15) is 48.3 Å². The number of thiazole rings is 1. The summed E-state index contributed by atoms with van der Waals surface area (Å²) in [4.78, 5) is 18.6. The third-order valence-corrected chi connectivity index (χ3v) is 4.86. The number of likely N-dealkylation sites (tertiary alicyclic amines) is 1. The van der Waals surface area contributed by atoms with Crippen molar-refractivity contribution in [1.29, 1.82) is 0 Å². The maximum absolute atomic E-state index is 11.4. The molecule has 0 aromatic carbocycles. The second-order valence-electron chi connectivity index (χ2n) is 5.86. The predicted octanol–water partition coefficient (Wildman–Crippen LogP) is 2.19. The second-order valence-corrected chi connectivity index (χ2v) is 7.06. The molecule has 0 radical (unpaired) electrons. The van der Waals surface area contributed by atoms with Gasteiger partial charge in [-0.05, 0) is 33.7 Å². The molecule has 1 saturated heterocycles. The molecule has 20 heavy (non-hydrogen) atoms. The van der Waals surface area contributed by atoms with Crippen molar-refractivity contribution in [2.75, 3.05) is 13.1 Å². The van der Waals surface area contributed by atoms with Gasteiger partial charge in [0.05, 0.1) is 5.01 Å². The SMILES string of the molecule is CCN1CCC(Oc2nc(C)sc2C(N)=O)CC1(C)C. The van der Waals surface area contributed by atoms with Gasteiger partial charge in [-0.3, -0.25) is 9.69 Å². The average Bonchev–Trinajstić information content (AvgIpc) is 2.69. The van der Waals surface area contributed by atoms with Gasteiger partial charge in [0.25, 0.3) is 5.91 Å². The normalized spacial score (nSPS) is 22.7. The van der Waals surface area contributed by atoms with E-state index in [-0.39, 0.29) is 11.6 Å². The van der Waals surface area contributed by atoms with Crippen LogP contribution in [-0.4, -0.2) is 40.5 Å². The Morgan fingerprint density at radius 1 is 1.60 bits per heavy atom. The molecule has 1 fully saturated rings. The van der Waals surface area contributed by atoms with Crippen molar-refractivity contribution in [3.63, 3.8) is 0 Å². The van der Waals surface area contributed by atoms with Crippen molar-refractivity contribution < 1.29 is 9.53 Å². The van der Waals surface area contributed by atoms with Crippen LogP contribution in [0, 0.1) is 6.92 Å². The van der Waals surface area contributed by atoms with E-state index in [1.54, 1.807) is 0 Å². The lowest BCUT2D eigenvalue weighted by molar-refractivity contribution is 0.0105. The molecule has 1 aliphatic heterocycles. The van der Waals surface area contributed by atoms with E-state index in [2.05, 4.69) is 30.7 Å². The van der Waals surface area contributed by atoms with E-state index in [1.807, 2.05) is 6.92 Å². The van der Waals surface area contributed by atoms with Gasteiger partial charge >= 0.3 is 0 Å². The van der Waals surface area contributed by atoms with Gasteiger partial charge in [0.1, 0.15) is 6.10 Å². The third-order valence-electron chi connectivity index (χ3n) is 3.89. The first-order chi connectivity index (χ1) is 9.33.